The minimum absolute atomic E-state index is 0.799. The molecule has 0 spiro atoms. The van der Waals surface area contributed by atoms with E-state index in [4.69, 9.17) is 0 Å². The lowest BCUT2D eigenvalue weighted by Gasteiger charge is -2.16. The molecule has 5 heteroatoms. The van der Waals surface area contributed by atoms with Crippen LogP contribution < -0.4 is 5.32 Å². The van der Waals surface area contributed by atoms with Crippen LogP contribution in [-0.4, -0.2) is 46.6 Å². The highest BCUT2D eigenvalue weighted by Gasteiger charge is 2.35. The van der Waals surface area contributed by atoms with Gasteiger partial charge in [-0.15, -0.1) is 5.10 Å². The normalized spacial score (nSPS) is 27.8. The van der Waals surface area contributed by atoms with Gasteiger partial charge >= 0.3 is 0 Å². The predicted octanol–water partition coefficient (Wildman–Crippen LogP) is 0.729. The maximum Gasteiger partial charge on any atom is 0.0964 e. The molecular formula is C13H23N5. The van der Waals surface area contributed by atoms with Gasteiger partial charge in [-0.05, 0) is 31.7 Å². The molecule has 2 unspecified atom stereocenters. The van der Waals surface area contributed by atoms with E-state index in [1.165, 1.54) is 32.4 Å². The van der Waals surface area contributed by atoms with Crippen molar-refractivity contribution in [2.24, 2.45) is 11.8 Å². The second-order valence-corrected chi connectivity index (χ2v) is 5.71. The zero-order chi connectivity index (χ0) is 12.4. The number of rotatable bonds is 5. The lowest BCUT2D eigenvalue weighted by molar-refractivity contribution is 0.291. The Balaban J connectivity index is 1.46. The first-order valence-corrected chi connectivity index (χ1v) is 7.11. The van der Waals surface area contributed by atoms with Crippen LogP contribution in [0.1, 0.15) is 25.0 Å². The van der Waals surface area contributed by atoms with Gasteiger partial charge in [0.2, 0.25) is 0 Å². The predicted molar refractivity (Wildman–Crippen MR) is 70.1 cm³/mol. The van der Waals surface area contributed by atoms with Gasteiger partial charge in [0.05, 0.1) is 12.2 Å². The number of hydrogen-bond donors (Lipinski definition) is 1. The molecule has 1 saturated carbocycles. The fraction of sp³-hybridized carbons (Fsp3) is 0.846. The lowest BCUT2D eigenvalue weighted by atomic mass is 10.0. The van der Waals surface area contributed by atoms with E-state index in [0.717, 1.165) is 37.2 Å². The van der Waals surface area contributed by atoms with Gasteiger partial charge < -0.3 is 10.2 Å². The summed E-state index contributed by atoms with van der Waals surface area (Å²) in [5.74, 6) is 1.97. The molecule has 0 amide bonds. The maximum atomic E-state index is 4.17. The molecule has 1 N–H and O–H groups in total. The summed E-state index contributed by atoms with van der Waals surface area (Å²) in [6.07, 6.45) is 6.42. The molecule has 0 aromatic carbocycles. The van der Waals surface area contributed by atoms with Crippen LogP contribution in [0.4, 0.5) is 0 Å². The van der Waals surface area contributed by atoms with Crippen molar-refractivity contribution in [1.29, 1.82) is 0 Å². The highest BCUT2D eigenvalue weighted by molar-refractivity contribution is 4.92. The van der Waals surface area contributed by atoms with E-state index >= 15 is 0 Å². The van der Waals surface area contributed by atoms with Crippen LogP contribution in [0, 0.1) is 11.8 Å². The molecule has 18 heavy (non-hydrogen) atoms. The molecule has 1 aliphatic carbocycles. The van der Waals surface area contributed by atoms with Crippen molar-refractivity contribution >= 4 is 0 Å². The van der Waals surface area contributed by atoms with Gasteiger partial charge in [-0.3, -0.25) is 4.68 Å². The van der Waals surface area contributed by atoms with Crippen molar-refractivity contribution in [2.45, 2.75) is 32.4 Å². The zero-order valence-electron chi connectivity index (χ0n) is 11.2. The Morgan fingerprint density at radius 3 is 2.78 bits per heavy atom. The van der Waals surface area contributed by atoms with Crippen molar-refractivity contribution in [3.05, 3.63) is 11.9 Å². The second-order valence-electron chi connectivity index (χ2n) is 5.71. The fourth-order valence-electron chi connectivity index (χ4n) is 3.47. The first-order chi connectivity index (χ1) is 8.85. The van der Waals surface area contributed by atoms with Crippen LogP contribution in [0.3, 0.4) is 0 Å². The van der Waals surface area contributed by atoms with Crippen molar-refractivity contribution in [3.8, 4) is 0 Å². The van der Waals surface area contributed by atoms with E-state index < -0.39 is 0 Å². The van der Waals surface area contributed by atoms with Gasteiger partial charge in [-0.25, -0.2) is 0 Å². The second kappa shape index (κ2) is 5.36. The Labute approximate surface area is 109 Å². The van der Waals surface area contributed by atoms with Crippen LogP contribution in [0.2, 0.25) is 0 Å². The summed E-state index contributed by atoms with van der Waals surface area (Å²) in [5, 5.41) is 11.4. The molecule has 1 saturated heterocycles. The summed E-state index contributed by atoms with van der Waals surface area (Å²) in [6.45, 7) is 5.50. The zero-order valence-corrected chi connectivity index (χ0v) is 11.2. The van der Waals surface area contributed by atoms with Gasteiger partial charge in [0.15, 0.2) is 0 Å². The largest absolute Gasteiger partial charge is 0.314 e. The van der Waals surface area contributed by atoms with Gasteiger partial charge in [-0.1, -0.05) is 11.6 Å². The highest BCUT2D eigenvalue weighted by atomic mass is 15.4. The summed E-state index contributed by atoms with van der Waals surface area (Å²) < 4.78 is 1.97. The van der Waals surface area contributed by atoms with Crippen LogP contribution in [0.5, 0.6) is 0 Å². The number of nitrogens with zero attached hydrogens (tertiary/aromatic N) is 4. The highest BCUT2D eigenvalue weighted by Crippen LogP contribution is 2.37. The number of nitrogens with one attached hydrogen (secondary N) is 1. The summed E-state index contributed by atoms with van der Waals surface area (Å²) in [7, 11) is 1.93. The summed E-state index contributed by atoms with van der Waals surface area (Å²) >= 11 is 0. The van der Waals surface area contributed by atoms with E-state index in [2.05, 4.69) is 20.5 Å². The third-order valence-electron chi connectivity index (χ3n) is 4.39. The van der Waals surface area contributed by atoms with E-state index in [-0.39, 0.29) is 0 Å². The number of likely N-dealkylation sites (tertiary alicyclic amines) is 1. The maximum absolute atomic E-state index is 4.17. The molecule has 3 rings (SSSR count). The van der Waals surface area contributed by atoms with Gasteiger partial charge in [0.1, 0.15) is 0 Å². The smallest absolute Gasteiger partial charge is 0.0964 e. The van der Waals surface area contributed by atoms with Gasteiger partial charge in [0.25, 0.3) is 0 Å². The molecule has 1 aromatic rings. The average Bonchev–Trinajstić information content (AvgIpc) is 3.00. The standard InChI is InChI=1S/C13H23N5/c1-14-7-13-10-18(16-15-13)6-5-17-8-11-3-2-4-12(11)9-17/h10-12,14H,2-9H2,1H3. The third-order valence-corrected chi connectivity index (χ3v) is 4.39. The topological polar surface area (TPSA) is 46.0 Å². The molecule has 100 valence electrons. The number of hydrogen-bond acceptors (Lipinski definition) is 4. The summed E-state index contributed by atoms with van der Waals surface area (Å²) in [6, 6.07) is 0. The Bertz CT molecular complexity index is 376. The van der Waals surface area contributed by atoms with E-state index in [1.54, 1.807) is 0 Å². The molecule has 2 atom stereocenters. The van der Waals surface area contributed by atoms with E-state index in [9.17, 15) is 0 Å². The minimum Gasteiger partial charge on any atom is -0.314 e. The monoisotopic (exact) mass is 249 g/mol. The summed E-state index contributed by atoms with van der Waals surface area (Å²) in [5.41, 5.74) is 1.02. The Morgan fingerprint density at radius 2 is 2.06 bits per heavy atom. The van der Waals surface area contributed by atoms with E-state index in [1.807, 2.05) is 17.9 Å². The molecule has 2 heterocycles. The van der Waals surface area contributed by atoms with E-state index in [0.29, 0.717) is 0 Å². The molecule has 1 aromatic heterocycles. The Kier molecular flexibility index (Phi) is 3.61. The van der Waals surface area contributed by atoms with Crippen molar-refractivity contribution in [1.82, 2.24) is 25.2 Å². The molecular weight excluding hydrogens is 226 g/mol. The minimum atomic E-state index is 0.799. The van der Waals surface area contributed by atoms with Crippen LogP contribution >= 0.6 is 0 Å². The van der Waals surface area contributed by atoms with Crippen LogP contribution in [-0.2, 0) is 13.1 Å². The van der Waals surface area contributed by atoms with Gasteiger partial charge in [0, 0.05) is 32.4 Å². The molecule has 0 bridgehead atoms. The van der Waals surface area contributed by atoms with Gasteiger partial charge in [-0.2, -0.15) is 0 Å². The average molecular weight is 249 g/mol. The van der Waals surface area contributed by atoms with Crippen LogP contribution in [0.25, 0.3) is 0 Å². The summed E-state index contributed by atoms with van der Waals surface area (Å²) in [4.78, 5) is 2.61. The molecule has 1 aliphatic heterocycles. The molecule has 0 radical (unpaired) electrons. The first-order valence-electron chi connectivity index (χ1n) is 7.11. The molecule has 2 aliphatic rings. The van der Waals surface area contributed by atoms with Crippen molar-refractivity contribution in [2.75, 3.05) is 26.7 Å². The van der Waals surface area contributed by atoms with Crippen LogP contribution in [0.15, 0.2) is 6.20 Å². The SMILES string of the molecule is CNCc1cn(CCN2CC3CCCC3C2)nn1. The third kappa shape index (κ3) is 2.57. The number of fused-ring (bicyclic) bond motifs is 1. The van der Waals surface area contributed by atoms with Crippen molar-refractivity contribution in [3.63, 3.8) is 0 Å². The molecule has 5 nitrogen and oxygen atoms in total. The Hall–Kier alpha value is -0.940. The first kappa shape index (κ1) is 12.1. The Morgan fingerprint density at radius 1 is 1.28 bits per heavy atom. The fourth-order valence-corrected chi connectivity index (χ4v) is 3.47. The van der Waals surface area contributed by atoms with Crippen molar-refractivity contribution < 1.29 is 0 Å². The lowest BCUT2D eigenvalue weighted by Crippen LogP contribution is -2.26. The quantitative estimate of drug-likeness (QED) is 0.835. The number of aromatic nitrogens is 3. The molecule has 2 fully saturated rings.